The van der Waals surface area contributed by atoms with Crippen LogP contribution in [0.3, 0.4) is 0 Å². The number of likely N-dealkylation sites (tertiary alicyclic amines) is 1. The number of amides is 1. The fourth-order valence-corrected chi connectivity index (χ4v) is 2.33. The minimum Gasteiger partial charge on any atom is -0.496 e. The van der Waals surface area contributed by atoms with E-state index < -0.39 is 17.3 Å². The highest BCUT2D eigenvalue weighted by atomic mass is 16.6. The molecule has 1 heterocycles. The molecular formula is C16H23NO4. The number of carbonyl (C=O) groups is 1. The Morgan fingerprint density at radius 3 is 2.48 bits per heavy atom. The number of carbonyl (C=O) groups excluding carboxylic acids is 1. The molecule has 0 spiro atoms. The Morgan fingerprint density at radius 1 is 1.33 bits per heavy atom. The lowest BCUT2D eigenvalue weighted by Gasteiger charge is -2.46. The zero-order valence-corrected chi connectivity index (χ0v) is 13.3. The highest BCUT2D eigenvalue weighted by Gasteiger charge is 2.46. The summed E-state index contributed by atoms with van der Waals surface area (Å²) in [6.45, 7) is 7.87. The van der Waals surface area contributed by atoms with E-state index in [0.717, 1.165) is 16.9 Å². The first-order chi connectivity index (χ1) is 9.64. The van der Waals surface area contributed by atoms with E-state index in [0.29, 0.717) is 0 Å². The highest BCUT2D eigenvalue weighted by Crippen LogP contribution is 2.35. The summed E-state index contributed by atoms with van der Waals surface area (Å²) in [5.74, 6) is 0.733. The van der Waals surface area contributed by atoms with Crippen molar-refractivity contribution in [3.05, 3.63) is 29.3 Å². The molecule has 0 saturated carbocycles. The summed E-state index contributed by atoms with van der Waals surface area (Å²) in [6, 6.07) is 5.59. The van der Waals surface area contributed by atoms with Crippen LogP contribution in [0.5, 0.6) is 5.75 Å². The van der Waals surface area contributed by atoms with Crippen LogP contribution in [0.15, 0.2) is 18.2 Å². The molecule has 1 N–H and O–H groups in total. The molecule has 21 heavy (non-hydrogen) atoms. The van der Waals surface area contributed by atoms with E-state index in [2.05, 4.69) is 0 Å². The van der Waals surface area contributed by atoms with E-state index in [1.54, 1.807) is 7.11 Å². The first-order valence-electron chi connectivity index (χ1n) is 7.00. The van der Waals surface area contributed by atoms with Gasteiger partial charge in [0.2, 0.25) is 0 Å². The molecule has 0 atom stereocenters. The Balaban J connectivity index is 2.06. The van der Waals surface area contributed by atoms with Crippen LogP contribution < -0.4 is 4.74 Å². The van der Waals surface area contributed by atoms with Crippen molar-refractivity contribution in [2.45, 2.75) is 38.9 Å². The first-order valence-corrected chi connectivity index (χ1v) is 7.00. The largest absolute Gasteiger partial charge is 0.496 e. The molecule has 0 radical (unpaired) electrons. The average Bonchev–Trinajstić information content (AvgIpc) is 2.33. The molecule has 1 aliphatic rings. The summed E-state index contributed by atoms with van der Waals surface area (Å²) in [6.07, 6.45) is -0.397. The lowest BCUT2D eigenvalue weighted by atomic mass is 9.86. The van der Waals surface area contributed by atoms with Crippen LogP contribution in [0.1, 0.15) is 31.9 Å². The number of methoxy groups -OCH3 is 1. The predicted molar refractivity (Wildman–Crippen MR) is 79.4 cm³/mol. The average molecular weight is 293 g/mol. The van der Waals surface area contributed by atoms with E-state index >= 15 is 0 Å². The van der Waals surface area contributed by atoms with Crippen LogP contribution in [0.25, 0.3) is 0 Å². The Bertz CT molecular complexity index is 542. The number of rotatable bonds is 2. The van der Waals surface area contributed by atoms with Crippen LogP contribution in [-0.2, 0) is 10.3 Å². The van der Waals surface area contributed by atoms with Crippen LogP contribution in [-0.4, -0.2) is 41.9 Å². The number of aryl methyl sites for hydroxylation is 1. The molecule has 1 aromatic carbocycles. The molecule has 0 aliphatic carbocycles. The summed E-state index contributed by atoms with van der Waals surface area (Å²) in [7, 11) is 1.60. The highest BCUT2D eigenvalue weighted by molar-refractivity contribution is 5.70. The molecule has 1 aliphatic heterocycles. The summed E-state index contributed by atoms with van der Waals surface area (Å²) in [5.41, 5.74) is 0.202. The number of β-amino-alcohol motifs (C(OH)–C–C–N with tert-alkyl or cyclic N) is 1. The number of hydrogen-bond acceptors (Lipinski definition) is 4. The Hall–Kier alpha value is -1.75. The molecule has 1 saturated heterocycles. The maximum Gasteiger partial charge on any atom is 0.410 e. The third kappa shape index (κ3) is 3.29. The standard InChI is InChI=1S/C16H23NO4/c1-11-6-7-12(8-13(11)20-5)16(19)9-17(10-16)14(18)21-15(2,3)4/h6-8,19H,9-10H2,1-5H3. The Kier molecular flexibility index (Phi) is 3.89. The van der Waals surface area contributed by atoms with Crippen LogP contribution >= 0.6 is 0 Å². The van der Waals surface area contributed by atoms with Gasteiger partial charge < -0.3 is 19.5 Å². The topological polar surface area (TPSA) is 59.0 Å². The second-order valence-corrected chi connectivity index (χ2v) is 6.55. The van der Waals surface area contributed by atoms with Crippen molar-refractivity contribution in [3.8, 4) is 5.75 Å². The van der Waals surface area contributed by atoms with Crippen molar-refractivity contribution in [2.24, 2.45) is 0 Å². The Morgan fingerprint density at radius 2 is 1.95 bits per heavy atom. The van der Waals surface area contributed by atoms with Gasteiger partial charge in [-0.05, 0) is 44.9 Å². The number of hydrogen-bond donors (Lipinski definition) is 1. The molecule has 5 nitrogen and oxygen atoms in total. The molecule has 1 aromatic rings. The number of ether oxygens (including phenoxy) is 2. The molecule has 5 heteroatoms. The van der Waals surface area contributed by atoms with Gasteiger partial charge in [-0.25, -0.2) is 4.79 Å². The maximum absolute atomic E-state index is 11.9. The van der Waals surface area contributed by atoms with Crippen molar-refractivity contribution in [1.29, 1.82) is 0 Å². The molecule has 0 bridgehead atoms. The van der Waals surface area contributed by atoms with Crippen molar-refractivity contribution >= 4 is 6.09 Å². The van der Waals surface area contributed by atoms with Gasteiger partial charge >= 0.3 is 6.09 Å². The lowest BCUT2D eigenvalue weighted by molar-refractivity contribution is -0.103. The first kappa shape index (κ1) is 15.6. The minimum atomic E-state index is -1.03. The fraction of sp³-hybridized carbons (Fsp3) is 0.562. The van der Waals surface area contributed by atoms with Gasteiger partial charge in [-0.3, -0.25) is 0 Å². The predicted octanol–water partition coefficient (Wildman–Crippen LogP) is 2.44. The van der Waals surface area contributed by atoms with Gasteiger partial charge in [0.15, 0.2) is 0 Å². The van der Waals surface area contributed by atoms with E-state index in [1.165, 1.54) is 4.90 Å². The Labute approximate surface area is 125 Å². The molecule has 1 fully saturated rings. The monoisotopic (exact) mass is 293 g/mol. The van der Waals surface area contributed by atoms with Gasteiger partial charge in [-0.1, -0.05) is 12.1 Å². The molecule has 116 valence electrons. The number of benzene rings is 1. The molecule has 0 aromatic heterocycles. The van der Waals surface area contributed by atoms with Crippen molar-refractivity contribution in [1.82, 2.24) is 4.90 Å². The molecule has 1 amide bonds. The van der Waals surface area contributed by atoms with Gasteiger partial charge in [0.05, 0.1) is 20.2 Å². The summed E-state index contributed by atoms with van der Waals surface area (Å²) in [4.78, 5) is 13.4. The molecular weight excluding hydrogens is 270 g/mol. The van der Waals surface area contributed by atoms with Crippen molar-refractivity contribution in [2.75, 3.05) is 20.2 Å². The van der Waals surface area contributed by atoms with Gasteiger partial charge in [-0.2, -0.15) is 0 Å². The summed E-state index contributed by atoms with van der Waals surface area (Å²) >= 11 is 0. The van der Waals surface area contributed by atoms with Gasteiger partial charge in [0.1, 0.15) is 17.0 Å². The number of nitrogens with zero attached hydrogens (tertiary/aromatic N) is 1. The van der Waals surface area contributed by atoms with Crippen molar-refractivity contribution in [3.63, 3.8) is 0 Å². The number of aliphatic hydroxyl groups is 1. The quantitative estimate of drug-likeness (QED) is 0.910. The van der Waals surface area contributed by atoms with E-state index in [4.69, 9.17) is 9.47 Å². The van der Waals surface area contributed by atoms with Gasteiger partial charge in [0, 0.05) is 0 Å². The van der Waals surface area contributed by atoms with E-state index in [-0.39, 0.29) is 13.1 Å². The summed E-state index contributed by atoms with van der Waals surface area (Å²) < 4.78 is 10.6. The summed E-state index contributed by atoms with van der Waals surface area (Å²) in [5, 5.41) is 10.6. The maximum atomic E-state index is 11.9. The fourth-order valence-electron chi connectivity index (χ4n) is 2.33. The van der Waals surface area contributed by atoms with Crippen LogP contribution in [0.2, 0.25) is 0 Å². The molecule has 0 unspecified atom stereocenters. The van der Waals surface area contributed by atoms with E-state index in [1.807, 2.05) is 45.9 Å². The zero-order chi connectivity index (χ0) is 15.8. The van der Waals surface area contributed by atoms with Gasteiger partial charge in [-0.15, -0.1) is 0 Å². The SMILES string of the molecule is COc1cc(C2(O)CN(C(=O)OC(C)(C)C)C2)ccc1C. The van der Waals surface area contributed by atoms with Crippen molar-refractivity contribution < 1.29 is 19.4 Å². The third-order valence-electron chi connectivity index (χ3n) is 3.50. The second-order valence-electron chi connectivity index (χ2n) is 6.55. The lowest BCUT2D eigenvalue weighted by Crippen LogP contribution is -2.61. The normalized spacial score (nSPS) is 17.1. The molecule has 2 rings (SSSR count). The third-order valence-corrected chi connectivity index (χ3v) is 3.50. The van der Waals surface area contributed by atoms with Crippen LogP contribution in [0.4, 0.5) is 4.79 Å². The minimum absolute atomic E-state index is 0.230. The van der Waals surface area contributed by atoms with E-state index in [9.17, 15) is 9.90 Å². The zero-order valence-electron chi connectivity index (χ0n) is 13.3. The second kappa shape index (κ2) is 5.22. The van der Waals surface area contributed by atoms with Crippen LogP contribution in [0, 0.1) is 6.92 Å². The smallest absolute Gasteiger partial charge is 0.410 e. The van der Waals surface area contributed by atoms with Gasteiger partial charge in [0.25, 0.3) is 0 Å².